The molecule has 0 unspecified atom stereocenters. The Bertz CT molecular complexity index is 660. The van der Waals surface area contributed by atoms with E-state index in [1.807, 2.05) is 6.92 Å². The van der Waals surface area contributed by atoms with Crippen LogP contribution < -0.4 is 5.73 Å². The molecule has 110 valence electrons. The number of furan rings is 1. The molecule has 0 radical (unpaired) electrons. The maximum absolute atomic E-state index is 12.7. The summed E-state index contributed by atoms with van der Waals surface area (Å²) < 4.78 is 32.0. The maximum atomic E-state index is 12.7. The summed E-state index contributed by atoms with van der Waals surface area (Å²) in [5.74, 6) is 0.627. The Morgan fingerprint density at radius 1 is 1.45 bits per heavy atom. The molecule has 0 spiro atoms. The molecule has 0 aliphatic heterocycles. The van der Waals surface area contributed by atoms with Crippen LogP contribution in [0.1, 0.15) is 22.4 Å². The Hall–Kier alpha value is -1.15. The Morgan fingerprint density at radius 2 is 2.20 bits per heavy atom. The fraction of sp³-hybridized carbons (Fsp3) is 0.385. The van der Waals surface area contributed by atoms with Crippen LogP contribution in [0.4, 0.5) is 0 Å². The van der Waals surface area contributed by atoms with Gasteiger partial charge in [-0.15, -0.1) is 11.3 Å². The smallest absolute Gasteiger partial charge is 0.244 e. The third-order valence-corrected chi connectivity index (χ3v) is 6.26. The molecule has 0 bridgehead atoms. The molecule has 0 aromatic carbocycles. The van der Waals surface area contributed by atoms with Gasteiger partial charge in [0.1, 0.15) is 5.76 Å². The first-order valence-corrected chi connectivity index (χ1v) is 8.56. The molecule has 2 heterocycles. The van der Waals surface area contributed by atoms with Crippen molar-refractivity contribution in [2.24, 2.45) is 5.73 Å². The molecule has 2 aromatic rings. The highest BCUT2D eigenvalue weighted by molar-refractivity contribution is 7.89. The summed E-state index contributed by atoms with van der Waals surface area (Å²) in [7, 11) is -3.52. The highest BCUT2D eigenvalue weighted by atomic mass is 32.2. The first kappa shape index (κ1) is 15.2. The van der Waals surface area contributed by atoms with Gasteiger partial charge in [0, 0.05) is 22.8 Å². The van der Waals surface area contributed by atoms with Gasteiger partial charge in [0.15, 0.2) is 0 Å². The minimum atomic E-state index is -3.52. The Kier molecular flexibility index (Phi) is 4.64. The normalized spacial score (nSPS) is 12.2. The molecule has 2 aromatic heterocycles. The van der Waals surface area contributed by atoms with Gasteiger partial charge in [0.25, 0.3) is 0 Å². The van der Waals surface area contributed by atoms with E-state index in [-0.39, 0.29) is 6.54 Å². The lowest BCUT2D eigenvalue weighted by Crippen LogP contribution is -2.30. The van der Waals surface area contributed by atoms with Crippen LogP contribution in [0.25, 0.3) is 0 Å². The molecule has 0 aliphatic carbocycles. The van der Waals surface area contributed by atoms with Crippen molar-refractivity contribution in [3.05, 3.63) is 40.0 Å². The van der Waals surface area contributed by atoms with Crippen LogP contribution in [0.5, 0.6) is 0 Å². The van der Waals surface area contributed by atoms with Gasteiger partial charge in [-0.2, -0.15) is 4.31 Å². The van der Waals surface area contributed by atoms with Gasteiger partial charge in [-0.25, -0.2) is 8.42 Å². The Balaban J connectivity index is 2.33. The molecule has 7 heteroatoms. The van der Waals surface area contributed by atoms with Gasteiger partial charge < -0.3 is 10.2 Å². The number of nitrogens with two attached hydrogens (primary N) is 1. The zero-order valence-electron chi connectivity index (χ0n) is 11.5. The van der Waals surface area contributed by atoms with Crippen molar-refractivity contribution in [3.8, 4) is 0 Å². The van der Waals surface area contributed by atoms with E-state index < -0.39 is 10.0 Å². The monoisotopic (exact) mass is 314 g/mol. The predicted molar refractivity (Wildman–Crippen MR) is 78.9 cm³/mol. The van der Waals surface area contributed by atoms with Gasteiger partial charge in [0.2, 0.25) is 10.0 Å². The number of thiophene rings is 1. The van der Waals surface area contributed by atoms with Gasteiger partial charge in [-0.3, -0.25) is 0 Å². The fourth-order valence-electron chi connectivity index (χ4n) is 1.96. The largest absolute Gasteiger partial charge is 0.468 e. The number of hydrogen-bond acceptors (Lipinski definition) is 5. The van der Waals surface area contributed by atoms with Crippen molar-refractivity contribution in [2.75, 3.05) is 6.54 Å². The van der Waals surface area contributed by atoms with Crippen LogP contribution in [0, 0.1) is 6.92 Å². The van der Waals surface area contributed by atoms with Crippen LogP contribution in [0.3, 0.4) is 0 Å². The van der Waals surface area contributed by atoms with E-state index in [1.54, 1.807) is 25.1 Å². The molecule has 0 saturated carbocycles. The van der Waals surface area contributed by atoms with E-state index >= 15 is 0 Å². The number of rotatable bonds is 6. The highest BCUT2D eigenvalue weighted by Gasteiger charge is 2.27. The number of aryl methyl sites for hydroxylation is 1. The first-order chi connectivity index (χ1) is 9.48. The van der Waals surface area contributed by atoms with E-state index in [0.717, 1.165) is 9.75 Å². The van der Waals surface area contributed by atoms with Crippen LogP contribution in [0.15, 0.2) is 33.8 Å². The van der Waals surface area contributed by atoms with E-state index in [4.69, 9.17) is 10.2 Å². The van der Waals surface area contributed by atoms with Crippen molar-refractivity contribution < 1.29 is 12.8 Å². The van der Waals surface area contributed by atoms with E-state index in [1.165, 1.54) is 21.9 Å². The van der Waals surface area contributed by atoms with Gasteiger partial charge in [-0.1, -0.05) is 6.92 Å². The summed E-state index contributed by atoms with van der Waals surface area (Å²) in [6.07, 6.45) is 1.54. The topological polar surface area (TPSA) is 76.5 Å². The lowest BCUT2D eigenvalue weighted by molar-refractivity contribution is 0.375. The molecule has 0 fully saturated rings. The zero-order chi connectivity index (χ0) is 14.8. The first-order valence-electron chi connectivity index (χ1n) is 6.31. The van der Waals surface area contributed by atoms with Crippen molar-refractivity contribution in [3.63, 3.8) is 0 Å². The minimum Gasteiger partial charge on any atom is -0.468 e. The molecular formula is C13H18N2O3S2. The summed E-state index contributed by atoms with van der Waals surface area (Å²) in [5.41, 5.74) is 5.58. The Morgan fingerprint density at radius 3 is 2.70 bits per heavy atom. The van der Waals surface area contributed by atoms with Crippen molar-refractivity contribution in [1.82, 2.24) is 4.31 Å². The second kappa shape index (κ2) is 6.09. The summed E-state index contributed by atoms with van der Waals surface area (Å²) in [5, 5.41) is 0. The van der Waals surface area contributed by atoms with Crippen molar-refractivity contribution in [1.29, 1.82) is 0 Å². The summed E-state index contributed by atoms with van der Waals surface area (Å²) in [4.78, 5) is 1.98. The van der Waals surface area contributed by atoms with Crippen LogP contribution in [-0.4, -0.2) is 19.3 Å². The third-order valence-electron chi connectivity index (χ3n) is 3.01. The molecule has 0 aliphatic rings. The van der Waals surface area contributed by atoms with Gasteiger partial charge in [-0.05, 0) is 25.1 Å². The predicted octanol–water partition coefficient (Wildman–Crippen LogP) is 2.32. The SMILES string of the molecule is CCN(Cc1ccco1)S(=O)(=O)c1cc(CN)sc1C. The lowest BCUT2D eigenvalue weighted by Gasteiger charge is -2.19. The molecule has 2 rings (SSSR count). The molecule has 5 nitrogen and oxygen atoms in total. The molecule has 0 atom stereocenters. The van der Waals surface area contributed by atoms with E-state index in [9.17, 15) is 8.42 Å². The fourth-order valence-corrected chi connectivity index (χ4v) is 4.86. The van der Waals surface area contributed by atoms with Crippen molar-refractivity contribution >= 4 is 21.4 Å². The number of sulfonamides is 1. The number of hydrogen-bond donors (Lipinski definition) is 1. The van der Waals surface area contributed by atoms with Crippen LogP contribution in [-0.2, 0) is 23.1 Å². The average Bonchev–Trinajstić information content (AvgIpc) is 3.04. The molecule has 0 saturated heterocycles. The molecule has 2 N–H and O–H groups in total. The second-order valence-electron chi connectivity index (χ2n) is 4.35. The van der Waals surface area contributed by atoms with Gasteiger partial charge in [0.05, 0.1) is 17.7 Å². The number of nitrogens with zero attached hydrogens (tertiary/aromatic N) is 1. The van der Waals surface area contributed by atoms with E-state index in [2.05, 4.69) is 0 Å². The summed E-state index contributed by atoms with van der Waals surface area (Å²) >= 11 is 1.42. The minimum absolute atomic E-state index is 0.235. The highest BCUT2D eigenvalue weighted by Crippen LogP contribution is 2.28. The molecular weight excluding hydrogens is 296 g/mol. The maximum Gasteiger partial charge on any atom is 0.244 e. The summed E-state index contributed by atoms with van der Waals surface area (Å²) in [6, 6.07) is 5.18. The molecule has 0 amide bonds. The quantitative estimate of drug-likeness (QED) is 0.887. The molecule has 20 heavy (non-hydrogen) atoms. The van der Waals surface area contributed by atoms with Crippen molar-refractivity contribution in [2.45, 2.75) is 31.8 Å². The van der Waals surface area contributed by atoms with E-state index in [0.29, 0.717) is 23.7 Å². The van der Waals surface area contributed by atoms with Crippen LogP contribution in [0.2, 0.25) is 0 Å². The Labute approximate surface area is 123 Å². The van der Waals surface area contributed by atoms with Crippen LogP contribution >= 0.6 is 11.3 Å². The third kappa shape index (κ3) is 2.95. The standard InChI is InChI=1S/C13H18N2O3S2/c1-3-15(9-11-5-4-6-18-11)20(16,17)13-7-12(8-14)19-10(13)2/h4-7H,3,8-9,14H2,1-2H3. The zero-order valence-corrected chi connectivity index (χ0v) is 13.1. The van der Waals surface area contributed by atoms with Gasteiger partial charge >= 0.3 is 0 Å². The summed E-state index contributed by atoms with van der Waals surface area (Å²) in [6.45, 7) is 4.59. The second-order valence-corrected chi connectivity index (χ2v) is 7.60. The average molecular weight is 314 g/mol. The lowest BCUT2D eigenvalue weighted by atomic mass is 10.4.